The lowest BCUT2D eigenvalue weighted by Gasteiger charge is -2.16. The van der Waals surface area contributed by atoms with E-state index in [0.717, 1.165) is 4.90 Å². The topological polar surface area (TPSA) is 79.6 Å². The fraction of sp³-hybridized carbons (Fsp3) is 0.188. The van der Waals surface area contributed by atoms with E-state index in [-0.39, 0.29) is 12.6 Å². The van der Waals surface area contributed by atoms with Crippen LogP contribution in [-0.2, 0) is 4.79 Å². The van der Waals surface area contributed by atoms with Crippen LogP contribution in [-0.4, -0.2) is 29.2 Å². The van der Waals surface area contributed by atoms with Crippen molar-refractivity contribution in [2.75, 3.05) is 6.54 Å². The molecule has 0 spiro atoms. The van der Waals surface area contributed by atoms with Crippen LogP contribution in [0.4, 0.5) is 0 Å². The van der Waals surface area contributed by atoms with Crippen molar-refractivity contribution in [2.45, 2.75) is 13.0 Å². The fourth-order valence-corrected chi connectivity index (χ4v) is 2.42. The molecule has 112 valence electrons. The molecule has 2 aromatic rings. The first-order chi connectivity index (χ1) is 10.6. The Hall–Kier alpha value is -2.89. The average Bonchev–Trinajstić information content (AvgIpc) is 3.12. The van der Waals surface area contributed by atoms with Crippen LogP contribution >= 0.6 is 0 Å². The van der Waals surface area contributed by atoms with Gasteiger partial charge in [0.25, 0.3) is 11.8 Å². The van der Waals surface area contributed by atoms with E-state index in [4.69, 9.17) is 4.42 Å². The lowest BCUT2D eigenvalue weighted by atomic mass is 10.1. The third kappa shape index (κ3) is 2.39. The molecule has 3 rings (SSSR count). The maximum atomic E-state index is 12.2. The highest BCUT2D eigenvalue weighted by Crippen LogP contribution is 2.22. The normalized spacial score (nSPS) is 14.9. The van der Waals surface area contributed by atoms with E-state index in [1.165, 1.54) is 6.26 Å². The summed E-state index contributed by atoms with van der Waals surface area (Å²) in [6, 6.07) is 9.67. The minimum absolute atomic E-state index is 0.308. The SMILES string of the molecule is CC(NC(=O)CN1C(=O)c2ccccc2C1=O)c1ccco1. The van der Waals surface area contributed by atoms with Gasteiger partial charge in [0.2, 0.25) is 5.91 Å². The van der Waals surface area contributed by atoms with Gasteiger partial charge in [-0.3, -0.25) is 19.3 Å². The van der Waals surface area contributed by atoms with Gasteiger partial charge in [-0.25, -0.2) is 0 Å². The highest BCUT2D eigenvalue weighted by Gasteiger charge is 2.36. The van der Waals surface area contributed by atoms with Gasteiger partial charge in [0.1, 0.15) is 12.3 Å². The maximum absolute atomic E-state index is 12.2. The summed E-state index contributed by atoms with van der Waals surface area (Å²) in [4.78, 5) is 37.3. The Labute approximate surface area is 126 Å². The lowest BCUT2D eigenvalue weighted by Crippen LogP contribution is -2.41. The first-order valence-electron chi connectivity index (χ1n) is 6.86. The van der Waals surface area contributed by atoms with Crippen molar-refractivity contribution in [1.82, 2.24) is 10.2 Å². The van der Waals surface area contributed by atoms with Crippen LogP contribution in [0.15, 0.2) is 47.1 Å². The molecule has 0 bridgehead atoms. The second-order valence-corrected chi connectivity index (χ2v) is 5.05. The van der Waals surface area contributed by atoms with Crippen molar-refractivity contribution in [3.63, 3.8) is 0 Å². The van der Waals surface area contributed by atoms with Crippen LogP contribution in [0.1, 0.15) is 39.4 Å². The number of nitrogens with zero attached hydrogens (tertiary/aromatic N) is 1. The van der Waals surface area contributed by atoms with Gasteiger partial charge in [-0.1, -0.05) is 12.1 Å². The second-order valence-electron chi connectivity index (χ2n) is 5.05. The molecule has 1 aromatic heterocycles. The number of hydrogen-bond acceptors (Lipinski definition) is 4. The molecule has 6 nitrogen and oxygen atoms in total. The summed E-state index contributed by atoms with van der Waals surface area (Å²) in [5, 5.41) is 2.70. The maximum Gasteiger partial charge on any atom is 0.262 e. The van der Waals surface area contributed by atoms with Crippen LogP contribution < -0.4 is 5.32 Å². The molecule has 0 radical (unpaired) electrons. The predicted octanol–water partition coefficient (Wildman–Crippen LogP) is 1.75. The minimum atomic E-state index is -0.443. The highest BCUT2D eigenvalue weighted by atomic mass is 16.3. The third-order valence-electron chi connectivity index (χ3n) is 3.53. The molecule has 0 fully saturated rings. The van der Waals surface area contributed by atoms with E-state index in [1.54, 1.807) is 43.3 Å². The Kier molecular flexibility index (Phi) is 3.50. The number of fused-ring (bicyclic) bond motifs is 1. The van der Waals surface area contributed by atoms with Crippen LogP contribution in [0.2, 0.25) is 0 Å². The molecule has 1 N–H and O–H groups in total. The monoisotopic (exact) mass is 298 g/mol. The average molecular weight is 298 g/mol. The number of carbonyl (C=O) groups is 3. The van der Waals surface area contributed by atoms with Gasteiger partial charge in [0.15, 0.2) is 0 Å². The molecule has 1 unspecified atom stereocenters. The first-order valence-corrected chi connectivity index (χ1v) is 6.86. The van der Waals surface area contributed by atoms with E-state index >= 15 is 0 Å². The Bertz CT molecular complexity index is 701. The van der Waals surface area contributed by atoms with Crippen molar-refractivity contribution in [3.05, 3.63) is 59.5 Å². The summed E-state index contributed by atoms with van der Waals surface area (Å²) >= 11 is 0. The van der Waals surface area contributed by atoms with Gasteiger partial charge >= 0.3 is 0 Å². The number of imide groups is 1. The minimum Gasteiger partial charge on any atom is -0.467 e. The summed E-state index contributed by atoms with van der Waals surface area (Å²) in [7, 11) is 0. The zero-order valence-electron chi connectivity index (χ0n) is 11.9. The van der Waals surface area contributed by atoms with Crippen LogP contribution in [0.3, 0.4) is 0 Å². The number of benzene rings is 1. The molecule has 22 heavy (non-hydrogen) atoms. The molecule has 6 heteroatoms. The first kappa shape index (κ1) is 14.1. The van der Waals surface area contributed by atoms with Gasteiger partial charge in [-0.2, -0.15) is 0 Å². The number of nitrogens with one attached hydrogen (secondary N) is 1. The van der Waals surface area contributed by atoms with Gasteiger partial charge in [0, 0.05) is 0 Å². The standard InChI is InChI=1S/C16H14N2O4/c1-10(13-7-4-8-22-13)17-14(19)9-18-15(20)11-5-2-3-6-12(11)16(18)21/h2-8,10H,9H2,1H3,(H,17,19). The highest BCUT2D eigenvalue weighted by molar-refractivity contribution is 6.22. The fourth-order valence-electron chi connectivity index (χ4n) is 2.42. The van der Waals surface area contributed by atoms with Crippen molar-refractivity contribution < 1.29 is 18.8 Å². The third-order valence-corrected chi connectivity index (χ3v) is 3.53. The number of rotatable bonds is 4. The summed E-state index contributed by atoms with van der Waals surface area (Å²) < 4.78 is 5.20. The molecule has 0 saturated heterocycles. The van der Waals surface area contributed by atoms with Crippen LogP contribution in [0.25, 0.3) is 0 Å². The molecule has 1 atom stereocenters. The smallest absolute Gasteiger partial charge is 0.262 e. The second kappa shape index (κ2) is 5.48. The quantitative estimate of drug-likeness (QED) is 0.872. The molecular formula is C16H14N2O4. The molecule has 3 amide bonds. The molecule has 2 heterocycles. The predicted molar refractivity (Wildman–Crippen MR) is 77.1 cm³/mol. The number of hydrogen-bond donors (Lipinski definition) is 1. The van der Waals surface area contributed by atoms with Gasteiger partial charge in [0.05, 0.1) is 23.4 Å². The summed E-state index contributed by atoms with van der Waals surface area (Å²) in [6.45, 7) is 1.45. The summed E-state index contributed by atoms with van der Waals surface area (Å²) in [5.74, 6) is -0.697. The van der Waals surface area contributed by atoms with E-state index in [9.17, 15) is 14.4 Å². The van der Waals surface area contributed by atoms with Crippen LogP contribution in [0.5, 0.6) is 0 Å². The molecule has 1 aliphatic rings. The Morgan fingerprint density at radius 2 is 1.77 bits per heavy atom. The molecule has 1 aliphatic heterocycles. The zero-order valence-corrected chi connectivity index (χ0v) is 11.9. The van der Waals surface area contributed by atoms with E-state index in [1.807, 2.05) is 0 Å². The van der Waals surface area contributed by atoms with Crippen molar-refractivity contribution in [3.8, 4) is 0 Å². The van der Waals surface area contributed by atoms with Crippen molar-refractivity contribution in [2.24, 2.45) is 0 Å². The number of amides is 3. The molecule has 1 aromatic carbocycles. The van der Waals surface area contributed by atoms with E-state index < -0.39 is 17.7 Å². The van der Waals surface area contributed by atoms with Crippen molar-refractivity contribution in [1.29, 1.82) is 0 Å². The lowest BCUT2D eigenvalue weighted by molar-refractivity contribution is -0.122. The van der Waals surface area contributed by atoms with Gasteiger partial charge < -0.3 is 9.73 Å². The Morgan fingerprint density at radius 3 is 2.32 bits per heavy atom. The van der Waals surface area contributed by atoms with Gasteiger partial charge in [-0.05, 0) is 31.2 Å². The summed E-state index contributed by atoms with van der Waals surface area (Å²) in [6.07, 6.45) is 1.52. The Balaban J connectivity index is 1.68. The summed E-state index contributed by atoms with van der Waals surface area (Å²) in [5.41, 5.74) is 0.666. The van der Waals surface area contributed by atoms with Crippen molar-refractivity contribution >= 4 is 17.7 Å². The Morgan fingerprint density at radius 1 is 1.14 bits per heavy atom. The molecule has 0 saturated carbocycles. The zero-order chi connectivity index (χ0) is 15.7. The number of furan rings is 1. The molecule has 0 aliphatic carbocycles. The van der Waals surface area contributed by atoms with Crippen LogP contribution in [0, 0.1) is 0 Å². The van der Waals surface area contributed by atoms with E-state index in [0.29, 0.717) is 16.9 Å². The largest absolute Gasteiger partial charge is 0.467 e. The van der Waals surface area contributed by atoms with Gasteiger partial charge in [-0.15, -0.1) is 0 Å². The molecular weight excluding hydrogens is 284 g/mol. The van der Waals surface area contributed by atoms with E-state index in [2.05, 4.69) is 5.32 Å². The number of carbonyl (C=O) groups excluding carboxylic acids is 3.